The van der Waals surface area contributed by atoms with Crippen molar-refractivity contribution in [2.75, 3.05) is 30.5 Å². The topological polar surface area (TPSA) is 58.6 Å². The van der Waals surface area contributed by atoms with Gasteiger partial charge in [0.2, 0.25) is 5.91 Å². The van der Waals surface area contributed by atoms with Crippen LogP contribution in [-0.4, -0.2) is 32.1 Å². The van der Waals surface area contributed by atoms with E-state index in [1.165, 1.54) is 0 Å². The van der Waals surface area contributed by atoms with E-state index in [0.29, 0.717) is 29.5 Å². The van der Waals surface area contributed by atoms with Gasteiger partial charge in [-0.2, -0.15) is 0 Å². The minimum Gasteiger partial charge on any atom is -0.381 e. The van der Waals surface area contributed by atoms with Gasteiger partial charge in [-0.25, -0.2) is 0 Å². The summed E-state index contributed by atoms with van der Waals surface area (Å²) in [5.74, 6) is -0.249. The van der Waals surface area contributed by atoms with Gasteiger partial charge in [-0.05, 0) is 55.0 Å². The molecule has 0 aliphatic carbocycles. The summed E-state index contributed by atoms with van der Waals surface area (Å²) < 4.78 is 5.23. The van der Waals surface area contributed by atoms with Gasteiger partial charge in [0.05, 0.1) is 12.5 Å². The zero-order chi connectivity index (χ0) is 17.8. The largest absolute Gasteiger partial charge is 0.381 e. The molecular formula is C19H19ClN2O3. The summed E-state index contributed by atoms with van der Waals surface area (Å²) in [6.45, 7) is 1.11. The zero-order valence-corrected chi connectivity index (χ0v) is 14.6. The number of anilines is 2. The minimum absolute atomic E-state index is 0.0316. The first-order chi connectivity index (χ1) is 12.0. The normalized spacial score (nSPS) is 16.5. The lowest BCUT2D eigenvalue weighted by Crippen LogP contribution is -2.26. The van der Waals surface area contributed by atoms with Gasteiger partial charge in [0.25, 0.3) is 5.91 Å². The SMILES string of the molecule is CN(C(=O)c1ccc(Cl)cc1)c1ccc(NC(=O)C2CCOC2)cc1. The van der Waals surface area contributed by atoms with Crippen LogP contribution in [0.2, 0.25) is 5.02 Å². The lowest BCUT2D eigenvalue weighted by molar-refractivity contribution is -0.119. The highest BCUT2D eigenvalue weighted by molar-refractivity contribution is 6.30. The molecule has 130 valence electrons. The highest BCUT2D eigenvalue weighted by Crippen LogP contribution is 2.21. The molecule has 25 heavy (non-hydrogen) atoms. The van der Waals surface area contributed by atoms with Crippen molar-refractivity contribution in [3.05, 3.63) is 59.1 Å². The Morgan fingerprint density at radius 2 is 1.80 bits per heavy atom. The highest BCUT2D eigenvalue weighted by atomic mass is 35.5. The van der Waals surface area contributed by atoms with Crippen molar-refractivity contribution in [3.63, 3.8) is 0 Å². The maximum atomic E-state index is 12.5. The van der Waals surface area contributed by atoms with Gasteiger partial charge in [-0.15, -0.1) is 0 Å². The summed E-state index contributed by atoms with van der Waals surface area (Å²) in [4.78, 5) is 26.1. The van der Waals surface area contributed by atoms with E-state index in [1.54, 1.807) is 60.5 Å². The van der Waals surface area contributed by atoms with E-state index in [9.17, 15) is 9.59 Å². The van der Waals surface area contributed by atoms with Crippen molar-refractivity contribution >= 4 is 34.8 Å². The van der Waals surface area contributed by atoms with Gasteiger partial charge in [-0.3, -0.25) is 9.59 Å². The molecule has 0 aromatic heterocycles. The third kappa shape index (κ3) is 4.18. The number of benzene rings is 2. The molecule has 2 aromatic rings. The predicted molar refractivity (Wildman–Crippen MR) is 98.2 cm³/mol. The number of hydrogen-bond acceptors (Lipinski definition) is 3. The Labute approximate surface area is 151 Å². The summed E-state index contributed by atoms with van der Waals surface area (Å²) >= 11 is 5.85. The number of hydrogen-bond donors (Lipinski definition) is 1. The number of carbonyl (C=O) groups excluding carboxylic acids is 2. The number of nitrogens with one attached hydrogen (secondary N) is 1. The van der Waals surface area contributed by atoms with Gasteiger partial charge in [0.15, 0.2) is 0 Å². The number of amides is 2. The van der Waals surface area contributed by atoms with Crippen molar-refractivity contribution < 1.29 is 14.3 Å². The van der Waals surface area contributed by atoms with Crippen LogP contribution in [0.3, 0.4) is 0 Å². The van der Waals surface area contributed by atoms with Crippen LogP contribution in [-0.2, 0) is 9.53 Å². The summed E-state index contributed by atoms with van der Waals surface area (Å²) in [5.41, 5.74) is 2.00. The average molecular weight is 359 g/mol. The van der Waals surface area contributed by atoms with E-state index < -0.39 is 0 Å². The summed E-state index contributed by atoms with van der Waals surface area (Å²) in [5, 5.41) is 3.47. The maximum Gasteiger partial charge on any atom is 0.258 e. The van der Waals surface area contributed by atoms with Crippen LogP contribution < -0.4 is 10.2 Å². The van der Waals surface area contributed by atoms with E-state index >= 15 is 0 Å². The van der Waals surface area contributed by atoms with Gasteiger partial charge in [0, 0.05) is 35.6 Å². The Hall–Kier alpha value is -2.37. The average Bonchev–Trinajstić information content (AvgIpc) is 3.17. The third-order valence-electron chi connectivity index (χ3n) is 4.22. The number of nitrogens with zero attached hydrogens (tertiary/aromatic N) is 1. The van der Waals surface area contributed by atoms with Crippen LogP contribution in [0.25, 0.3) is 0 Å². The molecular weight excluding hydrogens is 340 g/mol. The zero-order valence-electron chi connectivity index (χ0n) is 13.9. The first-order valence-corrected chi connectivity index (χ1v) is 8.44. The Kier molecular flexibility index (Phi) is 5.36. The van der Waals surface area contributed by atoms with E-state index in [-0.39, 0.29) is 17.7 Å². The molecule has 2 aromatic carbocycles. The molecule has 1 N–H and O–H groups in total. The molecule has 0 saturated carbocycles. The van der Waals surface area contributed by atoms with Gasteiger partial charge in [0.1, 0.15) is 0 Å². The lowest BCUT2D eigenvalue weighted by Gasteiger charge is -2.18. The molecule has 0 spiro atoms. The Balaban J connectivity index is 1.65. The third-order valence-corrected chi connectivity index (χ3v) is 4.47. The Morgan fingerprint density at radius 1 is 1.12 bits per heavy atom. The smallest absolute Gasteiger partial charge is 0.258 e. The molecule has 1 aliphatic heterocycles. The number of carbonyl (C=O) groups is 2. The number of rotatable bonds is 4. The van der Waals surface area contributed by atoms with E-state index in [4.69, 9.17) is 16.3 Å². The van der Waals surface area contributed by atoms with Crippen molar-refractivity contribution in [2.45, 2.75) is 6.42 Å². The van der Waals surface area contributed by atoms with E-state index in [0.717, 1.165) is 12.1 Å². The quantitative estimate of drug-likeness (QED) is 0.908. The second-order valence-corrected chi connectivity index (χ2v) is 6.40. The molecule has 1 atom stereocenters. The molecule has 1 fully saturated rings. The summed E-state index contributed by atoms with van der Waals surface area (Å²) in [6.07, 6.45) is 0.752. The monoisotopic (exact) mass is 358 g/mol. The number of ether oxygens (including phenoxy) is 1. The molecule has 1 heterocycles. The fraction of sp³-hybridized carbons (Fsp3) is 0.263. The van der Waals surface area contributed by atoms with Crippen LogP contribution in [0.4, 0.5) is 11.4 Å². The molecule has 1 aliphatic rings. The Morgan fingerprint density at radius 3 is 2.40 bits per heavy atom. The fourth-order valence-corrected chi connectivity index (χ4v) is 2.78. The minimum atomic E-state index is -0.128. The number of halogens is 1. The summed E-state index contributed by atoms with van der Waals surface area (Å²) in [6, 6.07) is 13.9. The van der Waals surface area contributed by atoms with Crippen molar-refractivity contribution in [1.29, 1.82) is 0 Å². The second-order valence-electron chi connectivity index (χ2n) is 5.97. The molecule has 3 rings (SSSR count). The summed E-state index contributed by atoms with van der Waals surface area (Å²) in [7, 11) is 1.71. The van der Waals surface area contributed by atoms with Crippen LogP contribution in [0.5, 0.6) is 0 Å². The molecule has 6 heteroatoms. The highest BCUT2D eigenvalue weighted by Gasteiger charge is 2.23. The molecule has 0 radical (unpaired) electrons. The van der Waals surface area contributed by atoms with Gasteiger partial charge in [-0.1, -0.05) is 11.6 Å². The van der Waals surface area contributed by atoms with Gasteiger partial charge >= 0.3 is 0 Å². The van der Waals surface area contributed by atoms with Crippen LogP contribution in [0.15, 0.2) is 48.5 Å². The van der Waals surface area contributed by atoms with Crippen molar-refractivity contribution in [3.8, 4) is 0 Å². The predicted octanol–water partition coefficient (Wildman–Crippen LogP) is 3.59. The second kappa shape index (κ2) is 7.68. The molecule has 1 unspecified atom stereocenters. The fourth-order valence-electron chi connectivity index (χ4n) is 2.66. The molecule has 2 amide bonds. The molecule has 0 bridgehead atoms. The Bertz CT molecular complexity index is 753. The van der Waals surface area contributed by atoms with Gasteiger partial charge < -0.3 is 15.0 Å². The van der Waals surface area contributed by atoms with Crippen LogP contribution >= 0.6 is 11.6 Å². The standard InChI is InChI=1S/C19H19ClN2O3/c1-22(19(24)13-2-4-15(20)5-3-13)17-8-6-16(7-9-17)21-18(23)14-10-11-25-12-14/h2-9,14H,10-12H2,1H3,(H,21,23). The molecule has 1 saturated heterocycles. The van der Waals surface area contributed by atoms with E-state index in [2.05, 4.69) is 5.32 Å². The first kappa shape index (κ1) is 17.5. The molecule has 5 nitrogen and oxygen atoms in total. The van der Waals surface area contributed by atoms with Crippen LogP contribution in [0.1, 0.15) is 16.8 Å². The lowest BCUT2D eigenvalue weighted by atomic mass is 10.1. The maximum absolute atomic E-state index is 12.5. The van der Waals surface area contributed by atoms with Crippen molar-refractivity contribution in [1.82, 2.24) is 0 Å². The van der Waals surface area contributed by atoms with E-state index in [1.807, 2.05) is 0 Å². The first-order valence-electron chi connectivity index (χ1n) is 8.07. The van der Waals surface area contributed by atoms with Crippen molar-refractivity contribution in [2.24, 2.45) is 5.92 Å². The van der Waals surface area contributed by atoms with Crippen LogP contribution in [0, 0.1) is 5.92 Å².